The van der Waals surface area contributed by atoms with E-state index >= 15 is 0 Å². The van der Waals surface area contributed by atoms with Gasteiger partial charge in [-0.25, -0.2) is 0 Å². The average molecular weight is 324 g/mol. The zero-order valence-electron chi connectivity index (χ0n) is 13.8. The lowest BCUT2D eigenvalue weighted by atomic mass is 9.93. The maximum atomic E-state index is 12.7. The van der Waals surface area contributed by atoms with Gasteiger partial charge in [-0.3, -0.25) is 14.3 Å². The van der Waals surface area contributed by atoms with Gasteiger partial charge in [-0.1, -0.05) is 18.2 Å². The van der Waals surface area contributed by atoms with Crippen molar-refractivity contribution in [1.82, 2.24) is 20.0 Å². The number of hydrogen-bond donors (Lipinski definition) is 1. The van der Waals surface area contributed by atoms with E-state index in [1.165, 1.54) is 0 Å². The highest BCUT2D eigenvalue weighted by molar-refractivity contribution is 6.00. The molecule has 6 nitrogen and oxygen atoms in total. The molecule has 0 unspecified atom stereocenters. The maximum absolute atomic E-state index is 12.7. The molecule has 1 aromatic heterocycles. The van der Waals surface area contributed by atoms with E-state index in [4.69, 9.17) is 0 Å². The molecule has 1 atom stereocenters. The average Bonchev–Trinajstić information content (AvgIpc) is 2.84. The van der Waals surface area contributed by atoms with E-state index in [1.807, 2.05) is 42.8 Å². The Hall–Kier alpha value is -2.63. The van der Waals surface area contributed by atoms with Crippen LogP contribution in [0.4, 0.5) is 0 Å². The van der Waals surface area contributed by atoms with Crippen molar-refractivity contribution in [2.45, 2.75) is 32.4 Å². The second-order valence-electron chi connectivity index (χ2n) is 6.66. The van der Waals surface area contributed by atoms with Crippen molar-refractivity contribution in [3.8, 4) is 0 Å². The molecule has 1 aromatic carbocycles. The highest BCUT2D eigenvalue weighted by Crippen LogP contribution is 2.25. The highest BCUT2D eigenvalue weighted by Gasteiger charge is 2.38. The Morgan fingerprint density at radius 2 is 2.00 bits per heavy atom. The molecule has 24 heavy (non-hydrogen) atoms. The van der Waals surface area contributed by atoms with E-state index in [9.17, 15) is 9.59 Å². The van der Waals surface area contributed by atoms with Crippen LogP contribution < -0.4 is 5.32 Å². The molecular weight excluding hydrogens is 304 g/mol. The molecule has 0 aliphatic carbocycles. The SMILES string of the molecule is Cc1cc(C)n(C2CN(C(=O)[C@@H]3Cc4ccccc4C(=O)N3)C2)n1. The number of likely N-dealkylation sites (tertiary alicyclic amines) is 1. The van der Waals surface area contributed by atoms with E-state index in [1.54, 1.807) is 11.0 Å². The normalized spacial score (nSPS) is 20.3. The molecule has 3 heterocycles. The minimum absolute atomic E-state index is 0.00404. The number of hydrogen-bond acceptors (Lipinski definition) is 3. The minimum Gasteiger partial charge on any atom is -0.340 e. The summed E-state index contributed by atoms with van der Waals surface area (Å²) in [6.07, 6.45) is 0.557. The molecule has 4 rings (SSSR count). The van der Waals surface area contributed by atoms with Crippen molar-refractivity contribution in [3.05, 3.63) is 52.8 Å². The number of amides is 2. The van der Waals surface area contributed by atoms with E-state index < -0.39 is 6.04 Å². The Balaban J connectivity index is 1.43. The van der Waals surface area contributed by atoms with Crippen LogP contribution in [0.15, 0.2) is 30.3 Å². The Labute approximate surface area is 140 Å². The Kier molecular flexibility index (Phi) is 3.40. The monoisotopic (exact) mass is 324 g/mol. The standard InChI is InChI=1S/C18H20N4O2/c1-11-7-12(2)22(20-11)14-9-21(10-14)18(24)16-8-13-5-3-4-6-15(13)17(23)19-16/h3-7,14,16H,8-10H2,1-2H3,(H,19,23)/t16-/m0/s1. The molecule has 1 saturated heterocycles. The number of aromatic nitrogens is 2. The fourth-order valence-corrected chi connectivity index (χ4v) is 3.60. The van der Waals surface area contributed by atoms with Gasteiger partial charge in [0, 0.05) is 30.8 Å². The van der Waals surface area contributed by atoms with E-state index in [0.717, 1.165) is 17.0 Å². The van der Waals surface area contributed by atoms with Gasteiger partial charge in [0.05, 0.1) is 11.7 Å². The van der Waals surface area contributed by atoms with Crippen LogP contribution in [-0.4, -0.2) is 45.6 Å². The van der Waals surface area contributed by atoms with Crippen molar-refractivity contribution >= 4 is 11.8 Å². The molecule has 2 aromatic rings. The second kappa shape index (κ2) is 5.47. The Morgan fingerprint density at radius 3 is 2.71 bits per heavy atom. The van der Waals surface area contributed by atoms with Crippen LogP contribution in [0.5, 0.6) is 0 Å². The topological polar surface area (TPSA) is 67.2 Å². The number of benzene rings is 1. The molecule has 1 N–H and O–H groups in total. The van der Waals surface area contributed by atoms with Crippen molar-refractivity contribution in [3.63, 3.8) is 0 Å². The third kappa shape index (κ3) is 2.38. The van der Waals surface area contributed by atoms with Crippen molar-refractivity contribution < 1.29 is 9.59 Å². The van der Waals surface area contributed by atoms with Gasteiger partial charge in [0.1, 0.15) is 6.04 Å². The van der Waals surface area contributed by atoms with Crippen LogP contribution in [0, 0.1) is 13.8 Å². The number of nitrogens with zero attached hydrogens (tertiary/aromatic N) is 3. The fourth-order valence-electron chi connectivity index (χ4n) is 3.60. The highest BCUT2D eigenvalue weighted by atomic mass is 16.2. The number of aryl methyl sites for hydroxylation is 2. The van der Waals surface area contributed by atoms with Gasteiger partial charge >= 0.3 is 0 Å². The summed E-state index contributed by atoms with van der Waals surface area (Å²) in [4.78, 5) is 26.7. The van der Waals surface area contributed by atoms with Crippen LogP contribution in [0.25, 0.3) is 0 Å². The molecule has 2 amide bonds. The third-order valence-corrected chi connectivity index (χ3v) is 4.85. The van der Waals surface area contributed by atoms with Crippen molar-refractivity contribution in [2.75, 3.05) is 13.1 Å². The molecule has 0 spiro atoms. The van der Waals surface area contributed by atoms with Gasteiger partial charge in [-0.2, -0.15) is 5.10 Å². The number of carbonyl (C=O) groups excluding carboxylic acids is 2. The number of nitrogens with one attached hydrogen (secondary N) is 1. The maximum Gasteiger partial charge on any atom is 0.252 e. The van der Waals surface area contributed by atoms with Gasteiger partial charge in [0.2, 0.25) is 5.91 Å². The molecule has 124 valence electrons. The van der Waals surface area contributed by atoms with E-state index in [-0.39, 0.29) is 17.9 Å². The minimum atomic E-state index is -0.464. The first-order valence-corrected chi connectivity index (χ1v) is 8.23. The van der Waals surface area contributed by atoms with Crippen molar-refractivity contribution in [2.24, 2.45) is 0 Å². The molecule has 0 saturated carbocycles. The summed E-state index contributed by atoms with van der Waals surface area (Å²) in [5.74, 6) is -0.165. The van der Waals surface area contributed by atoms with E-state index in [2.05, 4.69) is 10.4 Å². The Bertz CT molecular complexity index is 820. The number of rotatable bonds is 2. The summed E-state index contributed by atoms with van der Waals surface area (Å²) in [5.41, 5.74) is 3.72. The van der Waals surface area contributed by atoms with Crippen LogP contribution >= 0.6 is 0 Å². The molecule has 0 radical (unpaired) electrons. The quantitative estimate of drug-likeness (QED) is 0.904. The fraction of sp³-hybridized carbons (Fsp3) is 0.389. The van der Waals surface area contributed by atoms with Gasteiger partial charge < -0.3 is 10.2 Å². The molecular formula is C18H20N4O2. The predicted octanol–water partition coefficient (Wildman–Crippen LogP) is 1.24. The number of carbonyl (C=O) groups is 2. The Morgan fingerprint density at radius 1 is 1.25 bits per heavy atom. The van der Waals surface area contributed by atoms with Gasteiger partial charge in [-0.05, 0) is 31.5 Å². The summed E-state index contributed by atoms with van der Waals surface area (Å²) in [6.45, 7) is 5.30. The van der Waals surface area contributed by atoms with Gasteiger partial charge in [0.25, 0.3) is 5.91 Å². The zero-order valence-corrected chi connectivity index (χ0v) is 13.8. The van der Waals surface area contributed by atoms with Crippen LogP contribution in [-0.2, 0) is 11.2 Å². The summed E-state index contributed by atoms with van der Waals surface area (Å²) in [6, 6.07) is 9.28. The lowest BCUT2D eigenvalue weighted by Gasteiger charge is -2.42. The first-order chi connectivity index (χ1) is 11.5. The molecule has 2 aliphatic rings. The lowest BCUT2D eigenvalue weighted by molar-refractivity contribution is -0.139. The smallest absolute Gasteiger partial charge is 0.252 e. The molecule has 0 bridgehead atoms. The van der Waals surface area contributed by atoms with Crippen LogP contribution in [0.3, 0.4) is 0 Å². The largest absolute Gasteiger partial charge is 0.340 e. The van der Waals surface area contributed by atoms with E-state index in [0.29, 0.717) is 25.1 Å². The zero-order chi connectivity index (χ0) is 16.8. The van der Waals surface area contributed by atoms with Gasteiger partial charge in [0.15, 0.2) is 0 Å². The lowest BCUT2D eigenvalue weighted by Crippen LogP contribution is -2.59. The predicted molar refractivity (Wildman–Crippen MR) is 88.7 cm³/mol. The first kappa shape index (κ1) is 14.9. The summed E-state index contributed by atoms with van der Waals surface area (Å²) in [7, 11) is 0. The first-order valence-electron chi connectivity index (χ1n) is 8.23. The third-order valence-electron chi connectivity index (χ3n) is 4.85. The number of fused-ring (bicyclic) bond motifs is 1. The molecule has 2 aliphatic heterocycles. The van der Waals surface area contributed by atoms with Crippen molar-refractivity contribution in [1.29, 1.82) is 0 Å². The summed E-state index contributed by atoms with van der Waals surface area (Å²) >= 11 is 0. The molecule has 1 fully saturated rings. The second-order valence-corrected chi connectivity index (χ2v) is 6.66. The van der Waals surface area contributed by atoms with Gasteiger partial charge in [-0.15, -0.1) is 0 Å². The van der Waals surface area contributed by atoms with Crippen LogP contribution in [0.1, 0.15) is 33.4 Å². The summed E-state index contributed by atoms with van der Waals surface area (Å²) in [5, 5.41) is 7.33. The molecule has 6 heteroatoms. The summed E-state index contributed by atoms with van der Waals surface area (Å²) < 4.78 is 1.99. The van der Waals surface area contributed by atoms with Crippen LogP contribution in [0.2, 0.25) is 0 Å².